The molecule has 3 rings (SSSR count). The van der Waals surface area contributed by atoms with Crippen LogP contribution < -0.4 is 10.2 Å². The van der Waals surface area contributed by atoms with Crippen molar-refractivity contribution in [3.05, 3.63) is 63.7 Å². The monoisotopic (exact) mass is 381 g/mol. The number of carbonyl (C=O) groups is 3. The number of hydrogen-bond donors (Lipinski definition) is 2. The van der Waals surface area contributed by atoms with Crippen molar-refractivity contribution < 1.29 is 24.4 Å². The average molecular weight is 381 g/mol. The fourth-order valence-electron chi connectivity index (χ4n) is 3.03. The largest absolute Gasteiger partial charge is 0.506 e. The number of carbonyl (C=O) groups excluding carboxylic acids is 3. The van der Waals surface area contributed by atoms with Crippen LogP contribution in [-0.2, 0) is 14.4 Å². The van der Waals surface area contributed by atoms with Gasteiger partial charge in [0.25, 0.3) is 11.6 Å². The van der Waals surface area contributed by atoms with E-state index in [2.05, 4.69) is 5.32 Å². The van der Waals surface area contributed by atoms with Gasteiger partial charge in [0, 0.05) is 31.0 Å². The maximum absolute atomic E-state index is 12.7. The summed E-state index contributed by atoms with van der Waals surface area (Å²) in [5.41, 5.74) is 0.0565. The van der Waals surface area contributed by atoms with Gasteiger partial charge in [-0.05, 0) is 18.2 Å². The molecule has 1 aliphatic heterocycles. The number of aliphatic hydroxyl groups excluding tert-OH is 1. The molecule has 9 heteroatoms. The van der Waals surface area contributed by atoms with E-state index in [1.54, 1.807) is 24.3 Å². The van der Waals surface area contributed by atoms with Gasteiger partial charge in [0.15, 0.2) is 0 Å². The maximum Gasteiger partial charge on any atom is 0.293 e. The van der Waals surface area contributed by atoms with Gasteiger partial charge in [-0.3, -0.25) is 24.5 Å². The number of amides is 3. The summed E-state index contributed by atoms with van der Waals surface area (Å²) in [4.78, 5) is 47.4. The number of aliphatic hydroxyl groups is 1. The van der Waals surface area contributed by atoms with Crippen molar-refractivity contribution in [2.24, 2.45) is 0 Å². The van der Waals surface area contributed by atoms with Gasteiger partial charge in [0.2, 0.25) is 11.8 Å². The number of fused-ring (bicyclic) bond motifs is 1. The van der Waals surface area contributed by atoms with Crippen LogP contribution in [0.15, 0.2) is 42.5 Å². The summed E-state index contributed by atoms with van der Waals surface area (Å²) in [6.45, 7) is 2.43. The molecule has 0 spiro atoms. The van der Waals surface area contributed by atoms with Crippen molar-refractivity contribution in [3.8, 4) is 0 Å². The third-order valence-electron chi connectivity index (χ3n) is 4.16. The summed E-state index contributed by atoms with van der Waals surface area (Å²) < 4.78 is 0. The third-order valence-corrected chi connectivity index (χ3v) is 4.16. The highest BCUT2D eigenvalue weighted by Crippen LogP contribution is 2.40. The first-order chi connectivity index (χ1) is 13.2. The lowest BCUT2D eigenvalue weighted by molar-refractivity contribution is -0.384. The number of nitro groups is 1. The Hall–Kier alpha value is -4.01. The first-order valence-electron chi connectivity index (χ1n) is 8.16. The minimum absolute atomic E-state index is 0.00403. The smallest absolute Gasteiger partial charge is 0.293 e. The molecule has 2 N–H and O–H groups in total. The van der Waals surface area contributed by atoms with Crippen LogP contribution in [0, 0.1) is 10.1 Å². The van der Waals surface area contributed by atoms with Gasteiger partial charge in [0.05, 0.1) is 16.2 Å². The minimum atomic E-state index is -0.722. The Morgan fingerprint density at radius 3 is 2.43 bits per heavy atom. The van der Waals surface area contributed by atoms with Gasteiger partial charge in [-0.1, -0.05) is 18.2 Å². The number of rotatable bonds is 3. The van der Waals surface area contributed by atoms with Crippen LogP contribution in [0.2, 0.25) is 0 Å². The number of nitro benzene ring substituents is 1. The molecule has 0 aromatic heterocycles. The summed E-state index contributed by atoms with van der Waals surface area (Å²) in [6.07, 6.45) is 0. The van der Waals surface area contributed by atoms with E-state index in [-0.39, 0.29) is 16.8 Å². The van der Waals surface area contributed by atoms with E-state index >= 15 is 0 Å². The van der Waals surface area contributed by atoms with Gasteiger partial charge >= 0.3 is 0 Å². The van der Waals surface area contributed by atoms with Gasteiger partial charge in [0.1, 0.15) is 11.4 Å². The summed E-state index contributed by atoms with van der Waals surface area (Å²) in [5.74, 6) is -2.24. The second-order valence-corrected chi connectivity index (χ2v) is 6.07. The lowest BCUT2D eigenvalue weighted by Gasteiger charge is -2.11. The second-order valence-electron chi connectivity index (χ2n) is 6.07. The van der Waals surface area contributed by atoms with E-state index in [0.717, 1.165) is 11.0 Å². The quantitative estimate of drug-likeness (QED) is 0.364. The Kier molecular flexibility index (Phi) is 4.66. The van der Waals surface area contributed by atoms with E-state index in [1.807, 2.05) is 0 Å². The number of para-hydroxylation sites is 1. The van der Waals surface area contributed by atoms with Crippen molar-refractivity contribution >= 4 is 46.1 Å². The lowest BCUT2D eigenvalue weighted by Crippen LogP contribution is -2.31. The Morgan fingerprint density at radius 1 is 1.14 bits per heavy atom. The molecule has 0 radical (unpaired) electrons. The van der Waals surface area contributed by atoms with E-state index in [0.29, 0.717) is 11.3 Å². The predicted octanol–water partition coefficient (Wildman–Crippen LogP) is 2.87. The number of nitrogens with one attached hydrogen (secondary N) is 1. The molecular weight excluding hydrogens is 366 g/mol. The Labute approximate surface area is 159 Å². The average Bonchev–Trinajstić information content (AvgIpc) is 2.92. The highest BCUT2D eigenvalue weighted by Gasteiger charge is 2.37. The topological polar surface area (TPSA) is 130 Å². The summed E-state index contributed by atoms with van der Waals surface area (Å²) in [6, 6.07) is 10.1. The summed E-state index contributed by atoms with van der Waals surface area (Å²) in [5, 5.41) is 24.4. The highest BCUT2D eigenvalue weighted by atomic mass is 16.6. The van der Waals surface area contributed by atoms with Crippen molar-refractivity contribution in [1.29, 1.82) is 0 Å². The zero-order valence-electron chi connectivity index (χ0n) is 14.9. The first-order valence-corrected chi connectivity index (χ1v) is 8.16. The zero-order valence-corrected chi connectivity index (χ0v) is 14.9. The molecule has 2 aromatic rings. The summed E-state index contributed by atoms with van der Waals surface area (Å²) >= 11 is 0. The number of nitrogens with zero attached hydrogens (tertiary/aromatic N) is 2. The Bertz CT molecular complexity index is 1070. The molecule has 0 aliphatic carbocycles. The Morgan fingerprint density at radius 2 is 1.82 bits per heavy atom. The van der Waals surface area contributed by atoms with Crippen LogP contribution >= 0.6 is 0 Å². The molecule has 1 heterocycles. The van der Waals surface area contributed by atoms with Crippen LogP contribution in [0.4, 0.5) is 17.1 Å². The van der Waals surface area contributed by atoms with Crippen LogP contribution in [0.25, 0.3) is 11.3 Å². The number of anilines is 2. The van der Waals surface area contributed by atoms with Crippen molar-refractivity contribution in [2.75, 3.05) is 10.2 Å². The molecule has 0 unspecified atom stereocenters. The predicted molar refractivity (Wildman–Crippen MR) is 101 cm³/mol. The van der Waals surface area contributed by atoms with E-state index < -0.39 is 34.1 Å². The van der Waals surface area contributed by atoms with Gasteiger partial charge in [-0.2, -0.15) is 0 Å². The normalized spacial score (nSPS) is 14.5. The molecule has 1 aliphatic rings. The number of benzene rings is 2. The standard InChI is InChI=1S/C19H15N3O6/c1-10(23)20-14-8-7-12(9-16(14)22(27)28)18(25)17-13-5-3-4-6-15(13)21(11(2)24)19(17)26/h3-9,25H,1-2H3,(H,20,23)/b18-17+. The molecule has 142 valence electrons. The third kappa shape index (κ3) is 3.09. The van der Waals surface area contributed by atoms with E-state index in [4.69, 9.17) is 0 Å². The van der Waals surface area contributed by atoms with Crippen molar-refractivity contribution in [2.45, 2.75) is 13.8 Å². The van der Waals surface area contributed by atoms with Gasteiger partial charge in [-0.25, -0.2) is 4.90 Å². The fourth-order valence-corrected chi connectivity index (χ4v) is 3.03. The second kappa shape index (κ2) is 6.95. The molecule has 0 saturated heterocycles. The van der Waals surface area contributed by atoms with Gasteiger partial charge in [-0.15, -0.1) is 0 Å². The van der Waals surface area contributed by atoms with Crippen LogP contribution in [0.5, 0.6) is 0 Å². The number of imide groups is 1. The van der Waals surface area contributed by atoms with Gasteiger partial charge < -0.3 is 10.4 Å². The summed E-state index contributed by atoms with van der Waals surface area (Å²) in [7, 11) is 0. The van der Waals surface area contributed by atoms with Crippen LogP contribution in [-0.4, -0.2) is 27.8 Å². The Balaban J connectivity index is 2.19. The van der Waals surface area contributed by atoms with E-state index in [1.165, 1.54) is 26.0 Å². The molecular formula is C19H15N3O6. The van der Waals surface area contributed by atoms with Crippen LogP contribution in [0.1, 0.15) is 25.0 Å². The molecule has 9 nitrogen and oxygen atoms in total. The molecule has 28 heavy (non-hydrogen) atoms. The van der Waals surface area contributed by atoms with E-state index in [9.17, 15) is 29.6 Å². The molecule has 0 saturated carbocycles. The molecule has 0 fully saturated rings. The fraction of sp³-hybridized carbons (Fsp3) is 0.105. The molecule has 2 aromatic carbocycles. The van der Waals surface area contributed by atoms with Crippen LogP contribution in [0.3, 0.4) is 0 Å². The lowest BCUT2D eigenvalue weighted by atomic mass is 10.0. The molecule has 0 atom stereocenters. The SMILES string of the molecule is CC(=O)Nc1ccc(/C(O)=C2\C(=O)N(C(C)=O)c3ccccc32)cc1[N+](=O)[O-]. The first kappa shape index (κ1) is 18.8. The van der Waals surface area contributed by atoms with Crippen molar-refractivity contribution in [3.63, 3.8) is 0 Å². The zero-order chi connectivity index (χ0) is 20.6. The van der Waals surface area contributed by atoms with Crippen molar-refractivity contribution in [1.82, 2.24) is 0 Å². The maximum atomic E-state index is 12.7. The minimum Gasteiger partial charge on any atom is -0.506 e. The molecule has 3 amide bonds. The highest BCUT2D eigenvalue weighted by molar-refractivity contribution is 6.42. The molecule has 0 bridgehead atoms. The number of hydrogen-bond acceptors (Lipinski definition) is 6.